The van der Waals surface area contributed by atoms with Crippen LogP contribution in [0.3, 0.4) is 0 Å². The van der Waals surface area contributed by atoms with E-state index in [-0.39, 0.29) is 41.5 Å². The van der Waals surface area contributed by atoms with Gasteiger partial charge in [-0.3, -0.25) is 0 Å². The summed E-state index contributed by atoms with van der Waals surface area (Å²) in [5.74, 6) is 0. The molecule has 4 rings (SSSR count). The van der Waals surface area contributed by atoms with Crippen LogP contribution in [0.1, 0.15) is 128 Å². The SMILES string of the molecule is S=P([S-])(OC1CCCCC1)OC1CCCCC1.S=P([S-])(OC1CCCCC1)OC1CCCCC1.[Cu+2]. The fourth-order valence-electron chi connectivity index (χ4n) is 5.46. The fraction of sp³-hybridized carbons (Fsp3) is 1.00. The van der Waals surface area contributed by atoms with Crippen molar-refractivity contribution in [3.63, 3.8) is 0 Å². The van der Waals surface area contributed by atoms with Gasteiger partial charge in [0.2, 0.25) is 0 Å². The van der Waals surface area contributed by atoms with Crippen LogP contribution >= 0.6 is 11.4 Å². The van der Waals surface area contributed by atoms with E-state index in [1.54, 1.807) is 0 Å². The first kappa shape index (κ1) is 33.6. The van der Waals surface area contributed by atoms with Gasteiger partial charge in [0, 0.05) is 0 Å². The summed E-state index contributed by atoms with van der Waals surface area (Å²) >= 11 is 21.5. The average Bonchev–Trinajstić information content (AvgIpc) is 2.81. The average molecular weight is 650 g/mol. The van der Waals surface area contributed by atoms with E-state index in [0.29, 0.717) is 0 Å². The molecule has 0 N–H and O–H groups in total. The van der Waals surface area contributed by atoms with Crippen molar-refractivity contribution in [1.82, 2.24) is 0 Å². The molecule has 4 fully saturated rings. The zero-order chi connectivity index (χ0) is 24.3. The van der Waals surface area contributed by atoms with Gasteiger partial charge in [-0.15, -0.1) is 0 Å². The molecule has 1 radical (unpaired) electrons. The Bertz CT molecular complexity index is 562. The topological polar surface area (TPSA) is 36.9 Å². The molecule has 35 heavy (non-hydrogen) atoms. The molecule has 0 amide bonds. The second-order valence-electron chi connectivity index (χ2n) is 10.4. The van der Waals surface area contributed by atoms with Crippen molar-refractivity contribution < 1.29 is 35.2 Å². The van der Waals surface area contributed by atoms with Crippen molar-refractivity contribution in [2.75, 3.05) is 0 Å². The predicted molar refractivity (Wildman–Crippen MR) is 155 cm³/mol. The van der Waals surface area contributed by atoms with Gasteiger partial charge >= 0.3 is 17.1 Å². The Morgan fingerprint density at radius 2 is 0.571 bits per heavy atom. The van der Waals surface area contributed by atoms with Crippen LogP contribution in [0.5, 0.6) is 0 Å². The van der Waals surface area contributed by atoms with Gasteiger partial charge in [-0.1, -0.05) is 101 Å². The second kappa shape index (κ2) is 17.9. The van der Waals surface area contributed by atoms with Crippen molar-refractivity contribution in [2.45, 2.75) is 153 Å². The minimum atomic E-state index is -2.41. The maximum absolute atomic E-state index is 5.90. The van der Waals surface area contributed by atoms with Crippen LogP contribution in [-0.2, 0) is 83.3 Å². The minimum Gasteiger partial charge on any atom is -0.691 e. The summed E-state index contributed by atoms with van der Waals surface area (Å²) in [6, 6.07) is 0. The van der Waals surface area contributed by atoms with E-state index in [1.807, 2.05) is 0 Å². The van der Waals surface area contributed by atoms with Crippen LogP contribution in [0.4, 0.5) is 0 Å². The van der Waals surface area contributed by atoms with E-state index in [9.17, 15) is 0 Å². The smallest absolute Gasteiger partial charge is 0.691 e. The van der Waals surface area contributed by atoms with Crippen LogP contribution in [0.2, 0.25) is 0 Å². The molecule has 0 aromatic carbocycles. The minimum absolute atomic E-state index is 0. The van der Waals surface area contributed by atoms with Crippen LogP contribution < -0.4 is 0 Å². The molecule has 4 aliphatic carbocycles. The Morgan fingerprint density at radius 1 is 0.400 bits per heavy atom. The number of rotatable bonds is 8. The van der Waals surface area contributed by atoms with Gasteiger partial charge in [-0.2, -0.15) is 0 Å². The molecular formula is C24H44CuO4P2S4. The third-order valence-electron chi connectivity index (χ3n) is 7.32. The molecule has 0 atom stereocenters. The second-order valence-corrected chi connectivity index (χ2v) is 20.1. The van der Waals surface area contributed by atoms with Gasteiger partial charge in [0.1, 0.15) is 0 Å². The first-order valence-corrected chi connectivity index (χ1v) is 21.0. The molecular weight excluding hydrogens is 606 g/mol. The Hall–Kier alpha value is 2.36. The van der Waals surface area contributed by atoms with E-state index < -0.39 is 11.4 Å². The molecule has 4 aliphatic rings. The van der Waals surface area contributed by atoms with Crippen LogP contribution in [0.15, 0.2) is 0 Å². The molecule has 0 aromatic heterocycles. The molecule has 4 nitrogen and oxygen atoms in total. The fourth-order valence-corrected chi connectivity index (χ4v) is 10.8. The van der Waals surface area contributed by atoms with E-state index in [2.05, 4.69) is 0 Å². The quantitative estimate of drug-likeness (QED) is 0.147. The van der Waals surface area contributed by atoms with Crippen molar-refractivity contribution in [3.05, 3.63) is 0 Å². The van der Waals surface area contributed by atoms with Gasteiger partial charge in [-0.05, 0) is 51.4 Å². The molecule has 0 saturated heterocycles. The summed E-state index contributed by atoms with van der Waals surface area (Å²) in [6.07, 6.45) is 25.3. The maximum atomic E-state index is 5.90. The van der Waals surface area contributed by atoms with E-state index in [4.69, 9.17) is 66.2 Å². The Kier molecular flexibility index (Phi) is 17.2. The molecule has 0 aromatic rings. The summed E-state index contributed by atoms with van der Waals surface area (Å²) in [5, 5.41) is 0. The third kappa shape index (κ3) is 14.5. The molecule has 4 saturated carbocycles. The summed E-state index contributed by atoms with van der Waals surface area (Å²) in [7, 11) is 0. The summed E-state index contributed by atoms with van der Waals surface area (Å²) < 4.78 is 23.6. The largest absolute Gasteiger partial charge is 2.00 e. The van der Waals surface area contributed by atoms with Gasteiger partial charge in [0.15, 0.2) is 0 Å². The van der Waals surface area contributed by atoms with E-state index in [0.717, 1.165) is 51.4 Å². The first-order valence-electron chi connectivity index (χ1n) is 13.7. The summed E-state index contributed by atoms with van der Waals surface area (Å²) in [6.45, 7) is 0. The normalized spacial score (nSPS) is 24.3. The van der Waals surface area contributed by atoms with E-state index in [1.165, 1.54) is 77.0 Å². The van der Waals surface area contributed by atoms with Crippen molar-refractivity contribution in [3.8, 4) is 0 Å². The molecule has 0 bridgehead atoms. The van der Waals surface area contributed by atoms with Gasteiger partial charge in [0.25, 0.3) is 0 Å². The van der Waals surface area contributed by atoms with Crippen molar-refractivity contribution in [2.24, 2.45) is 0 Å². The van der Waals surface area contributed by atoms with E-state index >= 15 is 0 Å². The molecule has 209 valence electrons. The predicted octanol–water partition coefficient (Wildman–Crippen LogP) is 8.91. The van der Waals surface area contributed by atoms with Crippen LogP contribution in [0, 0.1) is 0 Å². The van der Waals surface area contributed by atoms with Crippen LogP contribution in [0.25, 0.3) is 0 Å². The molecule has 0 aliphatic heterocycles. The zero-order valence-corrected chi connectivity index (χ0v) is 26.9. The van der Waals surface area contributed by atoms with Crippen LogP contribution in [-0.4, -0.2) is 24.4 Å². The molecule has 11 heteroatoms. The Labute approximate surface area is 246 Å². The Morgan fingerprint density at radius 3 is 0.743 bits per heavy atom. The van der Waals surface area contributed by atoms with Gasteiger partial charge < -0.3 is 42.6 Å². The maximum Gasteiger partial charge on any atom is 2.00 e. The molecule has 0 unspecified atom stereocenters. The van der Waals surface area contributed by atoms with Crippen molar-refractivity contribution >= 4 is 59.5 Å². The molecule has 0 spiro atoms. The Balaban J connectivity index is 0.000000240. The number of hydrogen-bond acceptors (Lipinski definition) is 8. The summed E-state index contributed by atoms with van der Waals surface area (Å²) in [4.78, 5) is 0. The molecule has 0 heterocycles. The van der Waals surface area contributed by atoms with Crippen molar-refractivity contribution in [1.29, 1.82) is 0 Å². The summed E-state index contributed by atoms with van der Waals surface area (Å²) in [5.41, 5.74) is -4.83. The first-order chi connectivity index (χ1) is 16.3. The van der Waals surface area contributed by atoms with Gasteiger partial charge in [0.05, 0.1) is 35.8 Å². The van der Waals surface area contributed by atoms with Gasteiger partial charge in [-0.25, -0.2) is 0 Å². The monoisotopic (exact) mass is 649 g/mol. The third-order valence-corrected chi connectivity index (χ3v) is 11.6. The number of hydrogen-bond donors (Lipinski definition) is 0. The zero-order valence-electron chi connectivity index (χ0n) is 20.9. The standard InChI is InChI=1S/2C12H23O2PS2.Cu/c2*16-15(17,13-11-7-3-1-4-8-11)14-12-9-5-2-6-10-12;/h2*11-12H,1-10H2,(H,16,17);/q;;+2/p-2.